The van der Waals surface area contributed by atoms with E-state index in [1.807, 2.05) is 30.6 Å². The number of fused-ring (bicyclic) bond motifs is 1. The summed E-state index contributed by atoms with van der Waals surface area (Å²) in [6.07, 6.45) is 12.3. The lowest BCUT2D eigenvalue weighted by Crippen LogP contribution is -2.19. The van der Waals surface area contributed by atoms with Crippen LogP contribution in [0.25, 0.3) is 17.0 Å². The van der Waals surface area contributed by atoms with E-state index in [1.165, 1.54) is 16.3 Å². The molecule has 5 heteroatoms. The van der Waals surface area contributed by atoms with E-state index >= 15 is 0 Å². The Bertz CT molecular complexity index is 1030. The highest BCUT2D eigenvalue weighted by Gasteiger charge is 2.19. The van der Waals surface area contributed by atoms with Crippen LogP contribution in [0.1, 0.15) is 12.0 Å². The molecule has 0 amide bonds. The van der Waals surface area contributed by atoms with Crippen molar-refractivity contribution in [3.63, 3.8) is 0 Å². The van der Waals surface area contributed by atoms with Crippen LogP contribution in [0.5, 0.6) is 5.75 Å². The van der Waals surface area contributed by atoms with E-state index < -0.39 is 5.56 Å². The summed E-state index contributed by atoms with van der Waals surface area (Å²) >= 11 is 0. The van der Waals surface area contributed by atoms with Gasteiger partial charge in [0.25, 0.3) is 5.56 Å². The summed E-state index contributed by atoms with van der Waals surface area (Å²) in [5, 5.41) is 9.53. The van der Waals surface area contributed by atoms with E-state index in [4.69, 9.17) is 0 Å². The normalized spacial score (nSPS) is 18.5. The molecule has 1 unspecified atom stereocenters. The van der Waals surface area contributed by atoms with Crippen molar-refractivity contribution in [2.24, 2.45) is 18.0 Å². The molecule has 2 aliphatic rings. The molecule has 2 aromatic rings. The average molecular weight is 331 g/mol. The summed E-state index contributed by atoms with van der Waals surface area (Å²) < 4.78 is 1.36. The molecule has 4 rings (SSSR count). The third-order valence-electron chi connectivity index (χ3n) is 4.57. The number of hydrogen-bond donors (Lipinski definition) is 1. The Morgan fingerprint density at radius 2 is 2.08 bits per heavy atom. The first-order valence-electron chi connectivity index (χ1n) is 8.11. The summed E-state index contributed by atoms with van der Waals surface area (Å²) in [7, 11) is 1.61. The Morgan fingerprint density at radius 1 is 1.24 bits per heavy atom. The molecule has 25 heavy (non-hydrogen) atoms. The Morgan fingerprint density at radius 3 is 2.96 bits per heavy atom. The predicted molar refractivity (Wildman–Crippen MR) is 98.4 cm³/mol. The van der Waals surface area contributed by atoms with Crippen molar-refractivity contribution < 1.29 is 5.11 Å². The van der Waals surface area contributed by atoms with Gasteiger partial charge < -0.3 is 5.11 Å². The fourth-order valence-corrected chi connectivity index (χ4v) is 3.28. The summed E-state index contributed by atoms with van der Waals surface area (Å²) in [6.45, 7) is 0. The second kappa shape index (κ2) is 6.02. The number of rotatable bonds is 2. The van der Waals surface area contributed by atoms with Gasteiger partial charge in [0, 0.05) is 30.9 Å². The molecule has 1 aromatic heterocycles. The van der Waals surface area contributed by atoms with Crippen LogP contribution in [-0.4, -0.2) is 20.9 Å². The maximum atomic E-state index is 12.0. The average Bonchev–Trinajstić information content (AvgIpc) is 2.66. The minimum Gasteiger partial charge on any atom is -0.502 e. The zero-order chi connectivity index (χ0) is 17.4. The summed E-state index contributed by atoms with van der Waals surface area (Å²) in [5.74, 6) is 0.481. The molecule has 0 saturated heterocycles. The first-order chi connectivity index (χ1) is 12.1. The van der Waals surface area contributed by atoms with Gasteiger partial charge >= 0.3 is 0 Å². The van der Waals surface area contributed by atoms with E-state index in [9.17, 15) is 9.90 Å². The lowest BCUT2D eigenvalue weighted by atomic mass is 9.83. The summed E-state index contributed by atoms with van der Waals surface area (Å²) in [4.78, 5) is 20.4. The first-order valence-corrected chi connectivity index (χ1v) is 8.11. The largest absolute Gasteiger partial charge is 0.502 e. The molecule has 0 spiro atoms. The number of hydrogen-bond acceptors (Lipinski definition) is 4. The molecule has 1 aliphatic carbocycles. The van der Waals surface area contributed by atoms with E-state index in [0.29, 0.717) is 11.7 Å². The van der Waals surface area contributed by atoms with Crippen LogP contribution in [0.2, 0.25) is 0 Å². The number of aromatic hydroxyl groups is 1. The smallest absolute Gasteiger partial charge is 0.295 e. The highest BCUT2D eigenvalue weighted by atomic mass is 16.3. The molecule has 1 aliphatic heterocycles. The first kappa shape index (κ1) is 15.3. The van der Waals surface area contributed by atoms with Crippen molar-refractivity contribution in [3.05, 3.63) is 76.4 Å². The zero-order valence-electron chi connectivity index (χ0n) is 13.8. The molecule has 1 N–H and O–H groups in total. The van der Waals surface area contributed by atoms with Crippen molar-refractivity contribution in [1.29, 1.82) is 0 Å². The van der Waals surface area contributed by atoms with Crippen molar-refractivity contribution in [3.8, 4) is 17.1 Å². The van der Waals surface area contributed by atoms with Crippen molar-refractivity contribution in [2.75, 3.05) is 0 Å². The van der Waals surface area contributed by atoms with E-state index in [1.54, 1.807) is 7.05 Å². The molecular weight excluding hydrogens is 314 g/mol. The Balaban J connectivity index is 1.84. The quantitative estimate of drug-likeness (QED) is 0.919. The van der Waals surface area contributed by atoms with Gasteiger partial charge in [-0.1, -0.05) is 30.4 Å². The predicted octanol–water partition coefficient (Wildman–Crippen LogP) is 3.08. The Hall–Kier alpha value is -3.21. The van der Waals surface area contributed by atoms with Gasteiger partial charge in [-0.15, -0.1) is 0 Å². The molecule has 0 radical (unpaired) electrons. The maximum absolute atomic E-state index is 12.0. The number of benzene rings is 1. The Kier molecular flexibility index (Phi) is 3.69. The number of aromatic nitrogens is 2. The minimum atomic E-state index is -0.457. The molecule has 0 fully saturated rings. The van der Waals surface area contributed by atoms with Gasteiger partial charge in [0.2, 0.25) is 0 Å². The van der Waals surface area contributed by atoms with Crippen LogP contribution in [-0.2, 0) is 7.05 Å². The van der Waals surface area contributed by atoms with Crippen LogP contribution in [0, 0.1) is 5.92 Å². The molecule has 0 bridgehead atoms. The van der Waals surface area contributed by atoms with Gasteiger partial charge in [-0.25, -0.2) is 4.98 Å². The number of aliphatic imine (C=N–C) groups is 1. The lowest BCUT2D eigenvalue weighted by Gasteiger charge is -2.22. The topological polar surface area (TPSA) is 67.5 Å². The highest BCUT2D eigenvalue weighted by molar-refractivity contribution is 5.86. The van der Waals surface area contributed by atoms with E-state index in [2.05, 4.69) is 34.3 Å². The summed E-state index contributed by atoms with van der Waals surface area (Å²) in [5.41, 5.74) is 3.85. The second-order valence-electron chi connectivity index (χ2n) is 6.14. The van der Waals surface area contributed by atoms with Gasteiger partial charge in [-0.3, -0.25) is 14.4 Å². The molecular formula is C20H17N3O2. The van der Waals surface area contributed by atoms with Crippen LogP contribution in [0.4, 0.5) is 0 Å². The number of nitrogens with zero attached hydrogens (tertiary/aromatic N) is 3. The fourth-order valence-electron chi connectivity index (χ4n) is 3.28. The van der Waals surface area contributed by atoms with Crippen molar-refractivity contribution >= 4 is 11.8 Å². The number of allylic oxidation sites excluding steroid dienone is 5. The molecule has 0 saturated carbocycles. The summed E-state index contributed by atoms with van der Waals surface area (Å²) in [6, 6.07) is 7.94. The van der Waals surface area contributed by atoms with Crippen LogP contribution in [0.15, 0.2) is 70.3 Å². The Labute approximate surface area is 145 Å². The van der Waals surface area contributed by atoms with Gasteiger partial charge in [-0.2, -0.15) is 0 Å². The molecule has 2 heterocycles. The van der Waals surface area contributed by atoms with Gasteiger partial charge in [-0.05, 0) is 35.3 Å². The van der Waals surface area contributed by atoms with Gasteiger partial charge in [0.15, 0.2) is 5.75 Å². The third-order valence-corrected chi connectivity index (χ3v) is 4.57. The zero-order valence-corrected chi connectivity index (χ0v) is 13.8. The maximum Gasteiger partial charge on any atom is 0.295 e. The molecule has 5 nitrogen and oxygen atoms in total. The van der Waals surface area contributed by atoms with Crippen LogP contribution < -0.4 is 5.56 Å². The molecule has 1 atom stereocenters. The third kappa shape index (κ3) is 2.63. The van der Waals surface area contributed by atoms with E-state index in [-0.39, 0.29) is 5.75 Å². The van der Waals surface area contributed by atoms with Crippen molar-refractivity contribution in [2.45, 2.75) is 6.42 Å². The molecule has 1 aromatic carbocycles. The van der Waals surface area contributed by atoms with Crippen molar-refractivity contribution in [1.82, 2.24) is 9.55 Å². The second-order valence-corrected chi connectivity index (χ2v) is 6.14. The van der Waals surface area contributed by atoms with Gasteiger partial charge in [0.05, 0.1) is 6.20 Å². The standard InChI is InChI=1S/C20H17N3O2/c1-23-19(22-12-18(24)20(23)25)14-5-2-4-13(10-14)16-7-3-6-15-11-21-9-8-17(15)16/h2-5,7-12,15,24H,6H2,1H3. The lowest BCUT2D eigenvalue weighted by molar-refractivity contribution is 0.457. The van der Waals surface area contributed by atoms with Crippen LogP contribution in [0.3, 0.4) is 0 Å². The SMILES string of the molecule is Cn1c(-c2cccc(C3=C4C=CN=CC4CC=C3)c2)ncc(O)c1=O. The van der Waals surface area contributed by atoms with E-state index in [0.717, 1.165) is 23.1 Å². The highest BCUT2D eigenvalue weighted by Crippen LogP contribution is 2.34. The monoisotopic (exact) mass is 331 g/mol. The van der Waals surface area contributed by atoms with Crippen LogP contribution >= 0.6 is 0 Å². The minimum absolute atomic E-state index is 0.310. The molecule has 124 valence electrons. The van der Waals surface area contributed by atoms with Gasteiger partial charge in [0.1, 0.15) is 5.82 Å². The fraction of sp³-hybridized carbons (Fsp3) is 0.150.